The summed E-state index contributed by atoms with van der Waals surface area (Å²) in [5.41, 5.74) is -0.770. The van der Waals surface area contributed by atoms with Crippen molar-refractivity contribution in [2.75, 3.05) is 13.2 Å². The van der Waals surface area contributed by atoms with Gasteiger partial charge in [-0.05, 0) is 13.8 Å². The SMILES string of the molecule is CCO/C=C(/C(=O)OCC)C(=O)C(F)F. The van der Waals surface area contributed by atoms with E-state index < -0.39 is 23.8 Å². The molecule has 0 spiro atoms. The van der Waals surface area contributed by atoms with E-state index >= 15 is 0 Å². The van der Waals surface area contributed by atoms with Crippen LogP contribution in [0.15, 0.2) is 11.8 Å². The largest absolute Gasteiger partial charge is 0.500 e. The fourth-order valence-corrected chi connectivity index (χ4v) is 0.700. The Bertz CT molecular complexity index is 261. The van der Waals surface area contributed by atoms with E-state index in [2.05, 4.69) is 9.47 Å². The van der Waals surface area contributed by atoms with Crippen LogP contribution in [0.4, 0.5) is 8.78 Å². The first-order valence-electron chi connectivity index (χ1n) is 4.35. The molecule has 0 saturated heterocycles. The summed E-state index contributed by atoms with van der Waals surface area (Å²) in [6, 6.07) is 0. The van der Waals surface area contributed by atoms with E-state index in [1.54, 1.807) is 6.92 Å². The monoisotopic (exact) mass is 222 g/mol. The van der Waals surface area contributed by atoms with Gasteiger partial charge >= 0.3 is 12.4 Å². The van der Waals surface area contributed by atoms with Gasteiger partial charge in [-0.25, -0.2) is 13.6 Å². The zero-order valence-corrected chi connectivity index (χ0v) is 8.46. The fourth-order valence-electron chi connectivity index (χ4n) is 0.700. The number of carbonyl (C=O) groups is 2. The van der Waals surface area contributed by atoms with Crippen LogP contribution in [0.5, 0.6) is 0 Å². The summed E-state index contributed by atoms with van der Waals surface area (Å²) in [5, 5.41) is 0. The first kappa shape index (κ1) is 13.5. The average Bonchev–Trinajstić information content (AvgIpc) is 2.18. The lowest BCUT2D eigenvalue weighted by atomic mass is 10.2. The summed E-state index contributed by atoms with van der Waals surface area (Å²) >= 11 is 0. The number of hydrogen-bond donors (Lipinski definition) is 0. The van der Waals surface area contributed by atoms with Crippen molar-refractivity contribution in [1.82, 2.24) is 0 Å². The van der Waals surface area contributed by atoms with Crippen LogP contribution in [0.2, 0.25) is 0 Å². The van der Waals surface area contributed by atoms with Crippen molar-refractivity contribution < 1.29 is 27.8 Å². The molecule has 0 unspecified atom stereocenters. The topological polar surface area (TPSA) is 52.6 Å². The maximum absolute atomic E-state index is 12.1. The highest BCUT2D eigenvalue weighted by Crippen LogP contribution is 2.08. The minimum Gasteiger partial charge on any atom is -0.500 e. The summed E-state index contributed by atoms with van der Waals surface area (Å²) < 4.78 is 33.2. The quantitative estimate of drug-likeness (QED) is 0.223. The Morgan fingerprint density at radius 2 is 1.87 bits per heavy atom. The summed E-state index contributed by atoms with van der Waals surface area (Å²) in [5.74, 6) is -2.70. The third kappa shape index (κ3) is 4.53. The smallest absolute Gasteiger partial charge is 0.345 e. The first-order chi connectivity index (χ1) is 7.04. The number of rotatable bonds is 6. The van der Waals surface area contributed by atoms with Gasteiger partial charge in [0.05, 0.1) is 13.2 Å². The maximum atomic E-state index is 12.1. The maximum Gasteiger partial charge on any atom is 0.345 e. The van der Waals surface area contributed by atoms with Crippen LogP contribution in [0.25, 0.3) is 0 Å². The van der Waals surface area contributed by atoms with Crippen LogP contribution in [-0.2, 0) is 19.1 Å². The standard InChI is InChI=1S/C9H12F2O4/c1-3-14-5-6(7(12)8(10)11)9(13)15-4-2/h5,8H,3-4H2,1-2H3/b6-5+. The molecule has 0 radical (unpaired) electrons. The molecular weight excluding hydrogens is 210 g/mol. The van der Waals surface area contributed by atoms with Crippen molar-refractivity contribution in [3.63, 3.8) is 0 Å². The number of alkyl halides is 2. The Labute approximate surface area is 85.9 Å². The van der Waals surface area contributed by atoms with Gasteiger partial charge in [0.1, 0.15) is 11.8 Å². The van der Waals surface area contributed by atoms with Crippen molar-refractivity contribution in [2.45, 2.75) is 20.3 Å². The molecule has 4 nitrogen and oxygen atoms in total. The first-order valence-corrected chi connectivity index (χ1v) is 4.35. The number of Topliss-reactive ketones (excluding diaryl/α,β-unsaturated/α-hetero) is 1. The second-order valence-electron chi connectivity index (χ2n) is 2.37. The summed E-state index contributed by atoms with van der Waals surface area (Å²) in [6.45, 7) is 3.26. The highest BCUT2D eigenvalue weighted by molar-refractivity contribution is 6.18. The Hall–Kier alpha value is -1.46. The molecule has 0 rings (SSSR count). The van der Waals surface area contributed by atoms with Crippen LogP contribution in [0, 0.1) is 0 Å². The molecule has 0 aromatic rings. The van der Waals surface area contributed by atoms with Gasteiger partial charge in [0.25, 0.3) is 0 Å². The predicted molar refractivity (Wildman–Crippen MR) is 47.4 cm³/mol. The van der Waals surface area contributed by atoms with Crippen LogP contribution < -0.4 is 0 Å². The van der Waals surface area contributed by atoms with E-state index in [0.717, 1.165) is 0 Å². The van der Waals surface area contributed by atoms with Crippen molar-refractivity contribution >= 4 is 11.8 Å². The Morgan fingerprint density at radius 1 is 1.27 bits per heavy atom. The molecule has 0 aliphatic rings. The number of halogens is 2. The van der Waals surface area contributed by atoms with Gasteiger partial charge in [-0.3, -0.25) is 4.79 Å². The summed E-state index contributed by atoms with van der Waals surface area (Å²) in [4.78, 5) is 21.9. The molecule has 15 heavy (non-hydrogen) atoms. The van der Waals surface area contributed by atoms with Crippen LogP contribution in [-0.4, -0.2) is 31.4 Å². The van der Waals surface area contributed by atoms with E-state index in [1.165, 1.54) is 6.92 Å². The Kier molecular flexibility index (Phi) is 6.24. The van der Waals surface area contributed by atoms with Gasteiger partial charge in [0.15, 0.2) is 0 Å². The molecule has 0 amide bonds. The van der Waals surface area contributed by atoms with Crippen LogP contribution >= 0.6 is 0 Å². The predicted octanol–water partition coefficient (Wildman–Crippen LogP) is 1.30. The minimum absolute atomic E-state index is 0.00117. The molecule has 0 N–H and O–H groups in total. The lowest BCUT2D eigenvalue weighted by Gasteiger charge is -2.05. The highest BCUT2D eigenvalue weighted by atomic mass is 19.3. The summed E-state index contributed by atoms with van der Waals surface area (Å²) in [7, 11) is 0. The number of ketones is 1. The fraction of sp³-hybridized carbons (Fsp3) is 0.556. The number of ether oxygens (including phenoxy) is 2. The van der Waals surface area contributed by atoms with Gasteiger partial charge in [-0.2, -0.15) is 0 Å². The number of hydrogen-bond acceptors (Lipinski definition) is 4. The van der Waals surface area contributed by atoms with Gasteiger partial charge in [-0.15, -0.1) is 0 Å². The van der Waals surface area contributed by atoms with E-state index in [0.29, 0.717) is 6.26 Å². The molecule has 86 valence electrons. The third-order valence-corrected chi connectivity index (χ3v) is 1.33. The zero-order chi connectivity index (χ0) is 11.8. The molecule has 0 aliphatic carbocycles. The molecule has 6 heteroatoms. The molecule has 0 aliphatic heterocycles. The Morgan fingerprint density at radius 3 is 2.27 bits per heavy atom. The second-order valence-corrected chi connectivity index (χ2v) is 2.37. The molecule has 0 fully saturated rings. The van der Waals surface area contributed by atoms with Gasteiger partial charge in [0, 0.05) is 0 Å². The van der Waals surface area contributed by atoms with Crippen LogP contribution in [0.1, 0.15) is 13.8 Å². The average molecular weight is 222 g/mol. The van der Waals surface area contributed by atoms with Crippen molar-refractivity contribution in [3.8, 4) is 0 Å². The van der Waals surface area contributed by atoms with E-state index in [-0.39, 0.29) is 13.2 Å². The molecule has 0 saturated carbocycles. The molecule has 0 heterocycles. The van der Waals surface area contributed by atoms with E-state index in [9.17, 15) is 18.4 Å². The lowest BCUT2D eigenvalue weighted by Crippen LogP contribution is -2.21. The van der Waals surface area contributed by atoms with Crippen molar-refractivity contribution in [2.24, 2.45) is 0 Å². The molecular formula is C9H12F2O4. The molecule has 0 atom stereocenters. The van der Waals surface area contributed by atoms with Gasteiger partial charge in [0.2, 0.25) is 5.78 Å². The van der Waals surface area contributed by atoms with Gasteiger partial charge in [-0.1, -0.05) is 0 Å². The van der Waals surface area contributed by atoms with E-state index in [1.807, 2.05) is 0 Å². The second kappa shape index (κ2) is 6.92. The highest BCUT2D eigenvalue weighted by Gasteiger charge is 2.27. The zero-order valence-electron chi connectivity index (χ0n) is 8.46. The molecule has 0 bridgehead atoms. The van der Waals surface area contributed by atoms with Crippen LogP contribution in [0.3, 0.4) is 0 Å². The van der Waals surface area contributed by atoms with E-state index in [4.69, 9.17) is 0 Å². The Balaban J connectivity index is 4.73. The number of carbonyl (C=O) groups excluding carboxylic acids is 2. The lowest BCUT2D eigenvalue weighted by molar-refractivity contribution is -0.142. The molecule has 0 aromatic carbocycles. The van der Waals surface area contributed by atoms with Gasteiger partial charge < -0.3 is 9.47 Å². The number of esters is 1. The van der Waals surface area contributed by atoms with Crippen molar-refractivity contribution in [3.05, 3.63) is 11.8 Å². The van der Waals surface area contributed by atoms with Crippen molar-refractivity contribution in [1.29, 1.82) is 0 Å². The third-order valence-electron chi connectivity index (χ3n) is 1.33. The minimum atomic E-state index is -3.25. The summed E-state index contributed by atoms with van der Waals surface area (Å²) in [6.07, 6.45) is -2.55. The normalized spacial score (nSPS) is 11.4. The molecule has 0 aromatic heterocycles.